The molecule has 7 heteroatoms. The second-order valence-corrected chi connectivity index (χ2v) is 8.35. The van der Waals surface area contributed by atoms with Crippen LogP contribution in [0.4, 0.5) is 5.13 Å². The first-order chi connectivity index (χ1) is 13.6. The number of hydrogen-bond acceptors (Lipinski definition) is 5. The predicted octanol–water partition coefficient (Wildman–Crippen LogP) is 5.42. The average Bonchev–Trinajstić information content (AvgIpc) is 3.35. The van der Waals surface area contributed by atoms with Crippen molar-refractivity contribution in [2.45, 2.75) is 31.1 Å². The fourth-order valence-electron chi connectivity index (χ4n) is 3.95. The van der Waals surface area contributed by atoms with Crippen LogP contribution in [0.15, 0.2) is 36.4 Å². The van der Waals surface area contributed by atoms with Crippen LogP contribution in [0.2, 0.25) is 5.02 Å². The third-order valence-electron chi connectivity index (χ3n) is 5.42. The number of hydrogen-bond donors (Lipinski definition) is 1. The summed E-state index contributed by atoms with van der Waals surface area (Å²) in [6.45, 7) is 0. The second-order valence-electron chi connectivity index (χ2n) is 6.92. The molecule has 1 N–H and O–H groups in total. The van der Waals surface area contributed by atoms with Crippen molar-refractivity contribution in [2.24, 2.45) is 0 Å². The van der Waals surface area contributed by atoms with E-state index >= 15 is 0 Å². The van der Waals surface area contributed by atoms with Crippen molar-refractivity contribution < 1.29 is 14.3 Å². The zero-order chi connectivity index (χ0) is 19.7. The van der Waals surface area contributed by atoms with E-state index in [1.165, 1.54) is 11.3 Å². The maximum Gasteiger partial charge on any atom is 0.236 e. The van der Waals surface area contributed by atoms with Gasteiger partial charge in [0.2, 0.25) is 5.91 Å². The third-order valence-corrected chi connectivity index (χ3v) is 6.66. The normalized spacial score (nSPS) is 15.5. The summed E-state index contributed by atoms with van der Waals surface area (Å²) in [6, 6.07) is 11.3. The van der Waals surface area contributed by atoms with Crippen molar-refractivity contribution in [3.05, 3.63) is 47.0 Å². The van der Waals surface area contributed by atoms with Gasteiger partial charge in [-0.3, -0.25) is 4.79 Å². The number of thiazole rings is 1. The Kier molecular flexibility index (Phi) is 5.17. The Morgan fingerprint density at radius 3 is 2.36 bits per heavy atom. The first-order valence-electron chi connectivity index (χ1n) is 9.16. The zero-order valence-electron chi connectivity index (χ0n) is 15.8. The Bertz CT molecular complexity index is 969. The van der Waals surface area contributed by atoms with Crippen molar-refractivity contribution in [2.75, 3.05) is 19.5 Å². The van der Waals surface area contributed by atoms with Crippen molar-refractivity contribution >= 4 is 44.2 Å². The van der Waals surface area contributed by atoms with Gasteiger partial charge < -0.3 is 14.8 Å². The Morgan fingerprint density at radius 2 is 1.71 bits per heavy atom. The van der Waals surface area contributed by atoms with Gasteiger partial charge in [-0.15, -0.1) is 0 Å². The van der Waals surface area contributed by atoms with E-state index in [0.717, 1.165) is 35.9 Å². The molecule has 28 heavy (non-hydrogen) atoms. The fraction of sp³-hybridized carbons (Fsp3) is 0.333. The number of carbonyl (C=O) groups is 1. The molecule has 1 heterocycles. The molecule has 1 aromatic heterocycles. The van der Waals surface area contributed by atoms with Crippen LogP contribution in [-0.4, -0.2) is 25.1 Å². The topological polar surface area (TPSA) is 60.5 Å². The molecule has 1 aliphatic rings. The Labute approximate surface area is 172 Å². The number of anilines is 1. The third kappa shape index (κ3) is 3.20. The van der Waals surface area contributed by atoms with Crippen LogP contribution in [-0.2, 0) is 10.2 Å². The number of methoxy groups -OCH3 is 2. The summed E-state index contributed by atoms with van der Waals surface area (Å²) in [7, 11) is 3.22. The van der Waals surface area contributed by atoms with Crippen LogP contribution < -0.4 is 14.8 Å². The molecule has 3 aromatic rings. The van der Waals surface area contributed by atoms with E-state index in [2.05, 4.69) is 10.3 Å². The van der Waals surface area contributed by atoms with Crippen LogP contribution in [0, 0.1) is 0 Å². The van der Waals surface area contributed by atoms with Gasteiger partial charge >= 0.3 is 0 Å². The molecule has 0 aliphatic heterocycles. The van der Waals surface area contributed by atoms with Crippen molar-refractivity contribution in [3.8, 4) is 11.5 Å². The highest BCUT2D eigenvalue weighted by Gasteiger charge is 2.43. The van der Waals surface area contributed by atoms with Gasteiger partial charge in [-0.05, 0) is 42.7 Å². The number of nitrogens with zero attached hydrogens (tertiary/aromatic N) is 1. The van der Waals surface area contributed by atoms with E-state index in [1.807, 2.05) is 36.4 Å². The van der Waals surface area contributed by atoms with E-state index in [0.29, 0.717) is 27.2 Å². The summed E-state index contributed by atoms with van der Waals surface area (Å²) in [5, 5.41) is 4.27. The van der Waals surface area contributed by atoms with E-state index in [4.69, 9.17) is 21.1 Å². The van der Waals surface area contributed by atoms with Crippen LogP contribution in [0.1, 0.15) is 31.2 Å². The number of nitrogens with one attached hydrogen (secondary N) is 1. The highest BCUT2D eigenvalue weighted by molar-refractivity contribution is 7.22. The summed E-state index contributed by atoms with van der Waals surface area (Å²) in [6.07, 6.45) is 3.69. The summed E-state index contributed by atoms with van der Waals surface area (Å²) in [5.74, 6) is 1.34. The molecule has 4 rings (SSSR count). The minimum Gasteiger partial charge on any atom is -0.495 e. The quantitative estimate of drug-likeness (QED) is 0.603. The SMILES string of the molecule is COc1ccc(OC)c2sc(NC(=O)C3(c4ccc(Cl)cc4)CCCC3)nc12. The van der Waals surface area contributed by atoms with Crippen LogP contribution in [0.5, 0.6) is 11.5 Å². The maximum atomic E-state index is 13.4. The van der Waals surface area contributed by atoms with Crippen molar-refractivity contribution in [3.63, 3.8) is 0 Å². The van der Waals surface area contributed by atoms with Gasteiger partial charge in [-0.2, -0.15) is 0 Å². The Balaban J connectivity index is 1.69. The van der Waals surface area contributed by atoms with Gasteiger partial charge in [0, 0.05) is 5.02 Å². The lowest BCUT2D eigenvalue weighted by Gasteiger charge is -2.27. The van der Waals surface area contributed by atoms with Gasteiger partial charge in [0.15, 0.2) is 5.13 Å². The monoisotopic (exact) mass is 416 g/mol. The van der Waals surface area contributed by atoms with E-state index in [-0.39, 0.29) is 5.91 Å². The van der Waals surface area contributed by atoms with E-state index in [1.54, 1.807) is 14.2 Å². The molecule has 0 radical (unpaired) electrons. The molecule has 0 saturated heterocycles. The lowest BCUT2D eigenvalue weighted by molar-refractivity contribution is -0.121. The number of aromatic nitrogens is 1. The summed E-state index contributed by atoms with van der Waals surface area (Å²) >= 11 is 7.44. The molecule has 1 aliphatic carbocycles. The first kappa shape index (κ1) is 19.0. The number of amides is 1. The molecule has 0 bridgehead atoms. The molecule has 0 spiro atoms. The fourth-order valence-corrected chi connectivity index (χ4v) is 5.04. The van der Waals surface area contributed by atoms with Gasteiger partial charge in [0.1, 0.15) is 21.7 Å². The molecule has 0 unspecified atom stereocenters. The largest absolute Gasteiger partial charge is 0.495 e. The van der Waals surface area contributed by atoms with Crippen LogP contribution in [0.25, 0.3) is 10.2 Å². The molecule has 146 valence electrons. The van der Waals surface area contributed by atoms with E-state index < -0.39 is 5.41 Å². The molecular weight excluding hydrogens is 396 g/mol. The molecular formula is C21H21ClN2O3S. The number of benzene rings is 2. The van der Waals surface area contributed by atoms with E-state index in [9.17, 15) is 4.79 Å². The molecule has 0 atom stereocenters. The summed E-state index contributed by atoms with van der Waals surface area (Å²) in [5.41, 5.74) is 1.15. The average molecular weight is 417 g/mol. The molecule has 5 nitrogen and oxygen atoms in total. The molecule has 1 fully saturated rings. The Hall–Kier alpha value is -2.31. The lowest BCUT2D eigenvalue weighted by atomic mass is 9.78. The number of ether oxygens (including phenoxy) is 2. The van der Waals surface area contributed by atoms with Crippen molar-refractivity contribution in [1.82, 2.24) is 4.98 Å². The second kappa shape index (κ2) is 7.60. The molecule has 1 saturated carbocycles. The first-order valence-corrected chi connectivity index (χ1v) is 10.4. The van der Waals surface area contributed by atoms with Gasteiger partial charge in [0.05, 0.1) is 19.6 Å². The van der Waals surface area contributed by atoms with Gasteiger partial charge in [-0.1, -0.05) is 47.9 Å². The predicted molar refractivity (Wildman–Crippen MR) is 113 cm³/mol. The summed E-state index contributed by atoms with van der Waals surface area (Å²) < 4.78 is 11.7. The number of halogens is 1. The van der Waals surface area contributed by atoms with Crippen molar-refractivity contribution in [1.29, 1.82) is 0 Å². The molecule has 2 aromatic carbocycles. The minimum absolute atomic E-state index is 0.0238. The number of fused-ring (bicyclic) bond motifs is 1. The van der Waals surface area contributed by atoms with Crippen LogP contribution >= 0.6 is 22.9 Å². The minimum atomic E-state index is -0.545. The van der Waals surface area contributed by atoms with Gasteiger partial charge in [0.25, 0.3) is 0 Å². The molecule has 1 amide bonds. The summed E-state index contributed by atoms with van der Waals surface area (Å²) in [4.78, 5) is 18.0. The lowest BCUT2D eigenvalue weighted by Crippen LogP contribution is -2.37. The van der Waals surface area contributed by atoms with Crippen LogP contribution in [0.3, 0.4) is 0 Å². The number of carbonyl (C=O) groups excluding carboxylic acids is 1. The smallest absolute Gasteiger partial charge is 0.236 e. The highest BCUT2D eigenvalue weighted by Crippen LogP contribution is 2.44. The highest BCUT2D eigenvalue weighted by atomic mass is 35.5. The van der Waals surface area contributed by atoms with Gasteiger partial charge in [-0.25, -0.2) is 4.98 Å². The number of rotatable bonds is 5. The zero-order valence-corrected chi connectivity index (χ0v) is 17.3. The maximum absolute atomic E-state index is 13.4. The standard InChI is InChI=1S/C21H21ClN2O3S/c1-26-15-9-10-16(27-2)18-17(15)23-20(28-18)24-19(25)21(11-3-4-12-21)13-5-7-14(22)8-6-13/h5-10H,3-4,11-12H2,1-2H3,(H,23,24,25). The Morgan fingerprint density at radius 1 is 1.07 bits per heavy atom.